The standard InChI is InChI=1S/C37H38F2N8O2/c1-2-30-18-29(42-27-10-6-25(7-11-27)35-40-15-3-16-41-35)20-47(30)33(48)21-46-17-14-37(22-38,23-46)36(49)43-28-12-13-32-31(19-28)34(45-44-32)24-4-8-26(39)9-5-24/h3-13,15-16,19,29-30,42H,2,14,17-18,20-23H2,1H3,(H,43,49)(H,44,45)/t29-,30+,37?/m0/s1. The number of H-pyrrole nitrogens is 1. The summed E-state index contributed by atoms with van der Waals surface area (Å²) >= 11 is 0. The van der Waals surface area contributed by atoms with Gasteiger partial charge in [-0.3, -0.25) is 19.6 Å². The number of hydrogen-bond donors (Lipinski definition) is 3. The molecule has 0 saturated carbocycles. The van der Waals surface area contributed by atoms with Crippen LogP contribution in [-0.4, -0.2) is 86.7 Å². The summed E-state index contributed by atoms with van der Waals surface area (Å²) < 4.78 is 28.2. The maximum atomic E-state index is 14.7. The summed E-state index contributed by atoms with van der Waals surface area (Å²) in [6.45, 7) is 2.55. The van der Waals surface area contributed by atoms with Crippen LogP contribution in [0.25, 0.3) is 33.5 Å². The smallest absolute Gasteiger partial charge is 0.237 e. The molecule has 12 heteroatoms. The second-order valence-electron chi connectivity index (χ2n) is 13.0. The van der Waals surface area contributed by atoms with Gasteiger partial charge in [0.1, 0.15) is 12.5 Å². The molecular weight excluding hydrogens is 626 g/mol. The molecule has 4 heterocycles. The largest absolute Gasteiger partial charge is 0.380 e. The average Bonchev–Trinajstić information content (AvgIpc) is 3.87. The molecule has 5 aromatic rings. The van der Waals surface area contributed by atoms with Gasteiger partial charge in [0.25, 0.3) is 0 Å². The molecule has 2 saturated heterocycles. The first-order chi connectivity index (χ1) is 23.8. The van der Waals surface area contributed by atoms with E-state index >= 15 is 0 Å². The molecular formula is C37H38F2N8O2. The molecule has 7 rings (SSSR count). The van der Waals surface area contributed by atoms with E-state index in [-0.39, 0.29) is 36.9 Å². The Hall–Kier alpha value is -5.23. The maximum absolute atomic E-state index is 14.7. The van der Waals surface area contributed by atoms with Gasteiger partial charge in [0.15, 0.2) is 5.82 Å². The van der Waals surface area contributed by atoms with Crippen LogP contribution in [0.5, 0.6) is 0 Å². The molecule has 0 bridgehead atoms. The van der Waals surface area contributed by atoms with Crippen LogP contribution in [0.15, 0.2) is 85.2 Å². The van der Waals surface area contributed by atoms with Crippen LogP contribution in [0.1, 0.15) is 26.2 Å². The second kappa shape index (κ2) is 13.7. The minimum Gasteiger partial charge on any atom is -0.380 e. The fourth-order valence-electron chi connectivity index (χ4n) is 7.03. The van der Waals surface area contributed by atoms with E-state index in [2.05, 4.69) is 37.7 Å². The molecule has 0 spiro atoms. The average molecular weight is 665 g/mol. The first-order valence-corrected chi connectivity index (χ1v) is 16.6. The molecule has 2 amide bonds. The zero-order valence-electron chi connectivity index (χ0n) is 27.2. The highest BCUT2D eigenvalue weighted by molar-refractivity contribution is 6.00. The molecule has 3 N–H and O–H groups in total. The summed E-state index contributed by atoms with van der Waals surface area (Å²) in [4.78, 5) is 39.6. The van der Waals surface area contributed by atoms with Crippen molar-refractivity contribution in [1.29, 1.82) is 0 Å². The lowest BCUT2D eigenvalue weighted by Gasteiger charge is -2.28. The molecule has 3 aromatic carbocycles. The summed E-state index contributed by atoms with van der Waals surface area (Å²) in [6, 6.07) is 21.3. The topological polar surface area (TPSA) is 119 Å². The summed E-state index contributed by atoms with van der Waals surface area (Å²) in [6.07, 6.45) is 5.40. The van der Waals surface area contributed by atoms with E-state index in [9.17, 15) is 18.4 Å². The first kappa shape index (κ1) is 32.3. The Kier molecular flexibility index (Phi) is 9.05. The molecule has 1 unspecified atom stereocenters. The van der Waals surface area contributed by atoms with Crippen LogP contribution in [0.2, 0.25) is 0 Å². The third-order valence-electron chi connectivity index (χ3n) is 9.75. The number of halogens is 2. The number of hydrogen-bond acceptors (Lipinski definition) is 7. The summed E-state index contributed by atoms with van der Waals surface area (Å²) in [5.41, 5.74) is 3.24. The molecule has 2 aliphatic rings. The number of carbonyl (C=O) groups excluding carboxylic acids is 2. The van der Waals surface area contributed by atoms with E-state index in [0.29, 0.717) is 36.7 Å². The Labute approximate surface area is 282 Å². The van der Waals surface area contributed by atoms with Crippen molar-refractivity contribution in [2.75, 3.05) is 43.5 Å². The van der Waals surface area contributed by atoms with Gasteiger partial charge in [0, 0.05) is 65.5 Å². The van der Waals surface area contributed by atoms with Crippen LogP contribution >= 0.6 is 0 Å². The molecule has 3 atom stereocenters. The Morgan fingerprint density at radius 2 is 1.73 bits per heavy atom. The van der Waals surface area contributed by atoms with Crippen LogP contribution in [0.4, 0.5) is 20.2 Å². The summed E-state index contributed by atoms with van der Waals surface area (Å²) in [5.74, 6) is -0.106. The van der Waals surface area contributed by atoms with Crippen LogP contribution in [-0.2, 0) is 9.59 Å². The molecule has 2 aliphatic heterocycles. The third-order valence-corrected chi connectivity index (χ3v) is 9.75. The highest BCUT2D eigenvalue weighted by Gasteiger charge is 2.46. The summed E-state index contributed by atoms with van der Waals surface area (Å²) in [7, 11) is 0. The van der Waals surface area contributed by atoms with Crippen molar-refractivity contribution in [2.45, 2.75) is 38.3 Å². The molecule has 2 fully saturated rings. The molecule has 2 aromatic heterocycles. The van der Waals surface area contributed by atoms with Gasteiger partial charge >= 0.3 is 0 Å². The number of carbonyl (C=O) groups is 2. The number of fused-ring (bicyclic) bond motifs is 1. The van der Waals surface area contributed by atoms with Gasteiger partial charge in [-0.05, 0) is 98.6 Å². The number of nitrogens with zero attached hydrogens (tertiary/aromatic N) is 5. The van der Waals surface area contributed by atoms with Gasteiger partial charge in [-0.1, -0.05) is 6.92 Å². The van der Waals surface area contributed by atoms with Crippen molar-refractivity contribution in [1.82, 2.24) is 30.0 Å². The fraction of sp³-hybridized carbons (Fsp3) is 0.324. The lowest BCUT2D eigenvalue weighted by atomic mass is 9.87. The first-order valence-electron chi connectivity index (χ1n) is 16.6. The number of anilines is 2. The highest BCUT2D eigenvalue weighted by atomic mass is 19.1. The number of rotatable bonds is 10. The predicted octanol–water partition coefficient (Wildman–Crippen LogP) is 5.92. The van der Waals surface area contributed by atoms with E-state index in [0.717, 1.165) is 40.6 Å². The Bertz CT molecular complexity index is 1940. The van der Waals surface area contributed by atoms with Crippen LogP contribution in [0.3, 0.4) is 0 Å². The van der Waals surface area contributed by atoms with Crippen molar-refractivity contribution in [3.63, 3.8) is 0 Å². The van der Waals surface area contributed by atoms with Crippen molar-refractivity contribution in [2.24, 2.45) is 5.41 Å². The Balaban J connectivity index is 0.966. The van der Waals surface area contributed by atoms with Crippen LogP contribution < -0.4 is 10.6 Å². The van der Waals surface area contributed by atoms with Gasteiger partial charge in [-0.15, -0.1) is 0 Å². The number of nitrogens with one attached hydrogen (secondary N) is 3. The molecule has 10 nitrogen and oxygen atoms in total. The van der Waals surface area contributed by atoms with E-state index in [1.165, 1.54) is 12.1 Å². The van der Waals surface area contributed by atoms with Crippen molar-refractivity contribution in [3.05, 3.63) is 91.0 Å². The predicted molar refractivity (Wildman–Crippen MR) is 185 cm³/mol. The van der Waals surface area contributed by atoms with Crippen LogP contribution in [0, 0.1) is 11.2 Å². The van der Waals surface area contributed by atoms with E-state index in [4.69, 9.17) is 0 Å². The molecule has 0 aliphatic carbocycles. The molecule has 252 valence electrons. The number of alkyl halides is 1. The zero-order chi connectivity index (χ0) is 34.0. The molecule has 49 heavy (non-hydrogen) atoms. The quantitative estimate of drug-likeness (QED) is 0.170. The van der Waals surface area contributed by atoms with E-state index in [1.807, 2.05) is 34.1 Å². The normalized spacial score (nSPS) is 20.9. The Morgan fingerprint density at radius 1 is 1.00 bits per heavy atom. The van der Waals surface area contributed by atoms with Gasteiger partial charge in [-0.2, -0.15) is 5.10 Å². The zero-order valence-corrected chi connectivity index (χ0v) is 27.2. The Morgan fingerprint density at radius 3 is 2.47 bits per heavy atom. The van der Waals surface area contributed by atoms with E-state index < -0.39 is 18.0 Å². The number of aromatic amines is 1. The lowest BCUT2D eigenvalue weighted by Crippen LogP contribution is -2.45. The van der Waals surface area contributed by atoms with Gasteiger partial charge in [-0.25, -0.2) is 18.7 Å². The van der Waals surface area contributed by atoms with E-state index in [1.54, 1.807) is 48.8 Å². The SMILES string of the molecule is CC[C@@H]1C[C@H](Nc2ccc(-c3ncccn3)cc2)CN1C(=O)CN1CCC(CF)(C(=O)Nc2ccc3[nH]nc(-c4ccc(F)cc4)c3c2)C1. The van der Waals surface area contributed by atoms with Crippen molar-refractivity contribution >= 4 is 34.1 Å². The lowest BCUT2D eigenvalue weighted by molar-refractivity contribution is -0.134. The van der Waals surface area contributed by atoms with Crippen molar-refractivity contribution < 1.29 is 18.4 Å². The second-order valence-corrected chi connectivity index (χ2v) is 13.0. The van der Waals surface area contributed by atoms with Gasteiger partial charge in [0.05, 0.1) is 23.2 Å². The minimum atomic E-state index is -1.26. The number of aromatic nitrogens is 4. The summed E-state index contributed by atoms with van der Waals surface area (Å²) in [5, 5.41) is 14.6. The number of amides is 2. The number of likely N-dealkylation sites (tertiary alicyclic amines) is 2. The fourth-order valence-corrected chi connectivity index (χ4v) is 7.03. The van der Waals surface area contributed by atoms with Gasteiger partial charge < -0.3 is 15.5 Å². The van der Waals surface area contributed by atoms with Gasteiger partial charge in [0.2, 0.25) is 11.8 Å². The monoisotopic (exact) mass is 664 g/mol. The minimum absolute atomic E-state index is 0.0125. The third kappa shape index (κ3) is 6.73. The van der Waals surface area contributed by atoms with Crippen molar-refractivity contribution in [3.8, 4) is 22.6 Å². The molecule has 0 radical (unpaired) electrons. The maximum Gasteiger partial charge on any atom is 0.237 e. The highest BCUT2D eigenvalue weighted by Crippen LogP contribution is 2.35. The number of benzene rings is 3.